The van der Waals surface area contributed by atoms with Gasteiger partial charge in [0.2, 0.25) is 5.91 Å². The average Bonchev–Trinajstić information content (AvgIpc) is 2.95. The Morgan fingerprint density at radius 1 is 1.16 bits per heavy atom. The SMILES string of the molecule is CC(C)(COC(=O)c1ccccc1)COS(=O)(=O)ON1C(=O)N2CC1CCC2C(N)=O. The van der Waals surface area contributed by atoms with Crippen LogP contribution in [0.1, 0.15) is 37.0 Å². The molecule has 11 nitrogen and oxygen atoms in total. The maximum Gasteiger partial charge on any atom is 0.421 e. The fourth-order valence-electron chi connectivity index (χ4n) is 3.34. The van der Waals surface area contributed by atoms with Crippen molar-refractivity contribution in [3.63, 3.8) is 0 Å². The zero-order valence-electron chi connectivity index (χ0n) is 17.2. The Kier molecular flexibility index (Phi) is 6.53. The van der Waals surface area contributed by atoms with Crippen LogP contribution >= 0.6 is 0 Å². The first-order valence-corrected chi connectivity index (χ1v) is 11.0. The molecule has 0 spiro atoms. The molecule has 170 valence electrons. The molecule has 2 heterocycles. The molecule has 2 bridgehead atoms. The molecule has 12 heteroatoms. The van der Waals surface area contributed by atoms with E-state index >= 15 is 0 Å². The molecule has 31 heavy (non-hydrogen) atoms. The Hall–Kier alpha value is -2.70. The lowest BCUT2D eigenvalue weighted by Gasteiger charge is -2.27. The van der Waals surface area contributed by atoms with Gasteiger partial charge in [-0.1, -0.05) is 32.0 Å². The second kappa shape index (κ2) is 8.81. The molecule has 0 saturated carbocycles. The standard InChI is InChI=1S/C19H25N3O8S/c1-19(2,11-28-17(24)13-6-4-3-5-7-13)12-29-31(26,27)30-22-14-8-9-15(16(20)23)21(10-14)18(22)25/h3-7,14-15H,8-12H2,1-2H3,(H2,20,23). The van der Waals surface area contributed by atoms with Gasteiger partial charge >= 0.3 is 22.4 Å². The molecule has 2 saturated heterocycles. The van der Waals surface area contributed by atoms with Gasteiger partial charge in [0, 0.05) is 12.0 Å². The Balaban J connectivity index is 1.53. The van der Waals surface area contributed by atoms with E-state index in [4.69, 9.17) is 18.9 Å². The van der Waals surface area contributed by atoms with E-state index in [1.807, 2.05) is 0 Å². The summed E-state index contributed by atoms with van der Waals surface area (Å²) in [6.45, 7) is 2.99. The minimum Gasteiger partial charge on any atom is -0.461 e. The molecular weight excluding hydrogens is 430 g/mol. The van der Waals surface area contributed by atoms with Crippen LogP contribution in [0.2, 0.25) is 0 Å². The quantitative estimate of drug-likeness (QED) is 0.539. The van der Waals surface area contributed by atoms with Crippen LogP contribution in [0.3, 0.4) is 0 Å². The van der Waals surface area contributed by atoms with E-state index in [0.29, 0.717) is 23.5 Å². The van der Waals surface area contributed by atoms with Crippen LogP contribution in [0.5, 0.6) is 0 Å². The first kappa shape index (κ1) is 23.0. The van der Waals surface area contributed by atoms with Gasteiger partial charge in [-0.3, -0.25) is 4.79 Å². The summed E-state index contributed by atoms with van der Waals surface area (Å²) in [5.74, 6) is -1.19. The number of hydrogen-bond acceptors (Lipinski definition) is 8. The third kappa shape index (κ3) is 5.51. The maximum atomic E-state index is 12.4. The van der Waals surface area contributed by atoms with Crippen molar-refractivity contribution in [2.45, 2.75) is 38.8 Å². The van der Waals surface area contributed by atoms with Crippen molar-refractivity contribution >= 4 is 28.3 Å². The number of fused-ring (bicyclic) bond motifs is 2. The van der Waals surface area contributed by atoms with Crippen LogP contribution in [0.25, 0.3) is 0 Å². The van der Waals surface area contributed by atoms with E-state index in [0.717, 1.165) is 0 Å². The summed E-state index contributed by atoms with van der Waals surface area (Å²) in [6.07, 6.45) is 0.693. The molecule has 3 rings (SSSR count). The largest absolute Gasteiger partial charge is 0.461 e. The number of nitrogens with zero attached hydrogens (tertiary/aromatic N) is 2. The summed E-state index contributed by atoms with van der Waals surface area (Å²) in [6, 6.07) is 6.30. The summed E-state index contributed by atoms with van der Waals surface area (Å²) in [4.78, 5) is 37.2. The van der Waals surface area contributed by atoms with Crippen molar-refractivity contribution in [2.75, 3.05) is 19.8 Å². The van der Waals surface area contributed by atoms with Gasteiger partial charge in [0.05, 0.1) is 24.8 Å². The Bertz CT molecular complexity index is 950. The molecule has 1 aromatic carbocycles. The smallest absolute Gasteiger partial charge is 0.421 e. The minimum atomic E-state index is -4.58. The van der Waals surface area contributed by atoms with Crippen LogP contribution in [0.4, 0.5) is 4.79 Å². The molecule has 2 N–H and O–H groups in total. The van der Waals surface area contributed by atoms with Gasteiger partial charge in [-0.15, -0.1) is 4.28 Å². The highest BCUT2D eigenvalue weighted by Gasteiger charge is 2.49. The number of benzene rings is 1. The van der Waals surface area contributed by atoms with E-state index in [1.54, 1.807) is 44.2 Å². The van der Waals surface area contributed by atoms with E-state index in [-0.39, 0.29) is 19.8 Å². The first-order valence-electron chi connectivity index (χ1n) is 9.69. The Morgan fingerprint density at radius 2 is 1.84 bits per heavy atom. The lowest BCUT2D eigenvalue weighted by atomic mass is 9.96. The highest BCUT2D eigenvalue weighted by atomic mass is 32.3. The van der Waals surface area contributed by atoms with Gasteiger partial charge in [-0.25, -0.2) is 13.8 Å². The molecule has 3 amide bonds. The molecular formula is C19H25N3O8S. The third-order valence-corrected chi connectivity index (χ3v) is 5.77. The lowest BCUT2D eigenvalue weighted by molar-refractivity contribution is -0.122. The van der Waals surface area contributed by atoms with Crippen molar-refractivity contribution in [3.8, 4) is 0 Å². The number of hydrogen-bond donors (Lipinski definition) is 1. The minimum absolute atomic E-state index is 0.102. The number of nitrogens with two attached hydrogens (primary N) is 1. The van der Waals surface area contributed by atoms with Crippen LogP contribution < -0.4 is 5.73 Å². The topological polar surface area (TPSA) is 146 Å². The van der Waals surface area contributed by atoms with Gasteiger partial charge < -0.3 is 15.4 Å². The van der Waals surface area contributed by atoms with Gasteiger partial charge in [0.25, 0.3) is 0 Å². The zero-order chi connectivity index (χ0) is 22.8. The molecule has 0 radical (unpaired) electrons. The highest BCUT2D eigenvalue weighted by Crippen LogP contribution is 2.31. The number of primary amides is 1. The van der Waals surface area contributed by atoms with Gasteiger partial charge in [0.1, 0.15) is 6.04 Å². The molecule has 0 aliphatic carbocycles. The van der Waals surface area contributed by atoms with Crippen molar-refractivity contribution < 1.29 is 36.0 Å². The number of rotatable bonds is 9. The number of carbonyl (C=O) groups is 3. The maximum absolute atomic E-state index is 12.4. The van der Waals surface area contributed by atoms with Gasteiger partial charge in [0.15, 0.2) is 0 Å². The second-order valence-corrected chi connectivity index (χ2v) is 9.46. The summed E-state index contributed by atoms with van der Waals surface area (Å²) in [7, 11) is -4.58. The molecule has 2 aliphatic rings. The Morgan fingerprint density at radius 3 is 2.48 bits per heavy atom. The normalized spacial score (nSPS) is 21.3. The lowest BCUT2D eigenvalue weighted by Crippen LogP contribution is -2.47. The second-order valence-electron chi connectivity index (χ2n) is 8.26. The first-order chi connectivity index (χ1) is 14.5. The predicted octanol–water partition coefficient (Wildman–Crippen LogP) is 0.817. The molecule has 2 fully saturated rings. The molecule has 0 aromatic heterocycles. The number of hydroxylamine groups is 2. The van der Waals surface area contributed by atoms with Crippen LogP contribution in [-0.2, 0) is 28.4 Å². The summed E-state index contributed by atoms with van der Waals surface area (Å²) in [5, 5.41) is 0.709. The monoisotopic (exact) mass is 455 g/mol. The predicted molar refractivity (Wildman–Crippen MR) is 106 cm³/mol. The number of urea groups is 1. The number of ether oxygens (including phenoxy) is 1. The summed E-state index contributed by atoms with van der Waals surface area (Å²) in [5.41, 5.74) is 4.82. The average molecular weight is 455 g/mol. The zero-order valence-corrected chi connectivity index (χ0v) is 18.0. The molecule has 2 atom stereocenters. The van der Waals surface area contributed by atoms with Gasteiger partial charge in [-0.2, -0.15) is 13.5 Å². The van der Waals surface area contributed by atoms with Crippen LogP contribution in [0, 0.1) is 5.41 Å². The fourth-order valence-corrected chi connectivity index (χ4v) is 4.23. The molecule has 1 aromatic rings. The van der Waals surface area contributed by atoms with E-state index in [9.17, 15) is 22.8 Å². The number of esters is 1. The molecule has 2 unspecified atom stereocenters. The number of piperidine rings is 1. The van der Waals surface area contributed by atoms with Gasteiger partial charge in [-0.05, 0) is 25.0 Å². The van der Waals surface area contributed by atoms with Crippen molar-refractivity contribution in [3.05, 3.63) is 35.9 Å². The highest BCUT2D eigenvalue weighted by molar-refractivity contribution is 7.81. The number of carbonyl (C=O) groups excluding carboxylic acids is 3. The summed E-state index contributed by atoms with van der Waals surface area (Å²) >= 11 is 0. The van der Waals surface area contributed by atoms with E-state index in [2.05, 4.69) is 0 Å². The van der Waals surface area contributed by atoms with Crippen molar-refractivity contribution in [1.29, 1.82) is 0 Å². The van der Waals surface area contributed by atoms with Crippen molar-refractivity contribution in [2.24, 2.45) is 11.1 Å². The summed E-state index contributed by atoms with van der Waals surface area (Å²) < 4.78 is 39.6. The van der Waals surface area contributed by atoms with Crippen LogP contribution in [-0.4, -0.2) is 68.1 Å². The number of amides is 3. The molecule has 2 aliphatic heterocycles. The van der Waals surface area contributed by atoms with Crippen LogP contribution in [0.15, 0.2) is 30.3 Å². The third-order valence-electron chi connectivity index (χ3n) is 5.02. The fraction of sp³-hybridized carbons (Fsp3) is 0.526. The Labute approximate surface area is 180 Å². The van der Waals surface area contributed by atoms with E-state index in [1.165, 1.54) is 4.90 Å². The van der Waals surface area contributed by atoms with Crippen molar-refractivity contribution in [1.82, 2.24) is 9.96 Å². The van der Waals surface area contributed by atoms with E-state index < -0.39 is 45.8 Å².